The molecule has 4 aromatic heterocycles. The van der Waals surface area contributed by atoms with E-state index in [4.69, 9.17) is 5.73 Å². The van der Waals surface area contributed by atoms with Crippen LogP contribution < -0.4 is 11.1 Å². The number of aryl methyl sites for hydroxylation is 1. The molecule has 0 aromatic carbocycles. The first-order valence-electron chi connectivity index (χ1n) is 12.0. The minimum Gasteiger partial charge on any atom is -0.365 e. The maximum absolute atomic E-state index is 13.8. The Balaban J connectivity index is 1.64. The normalized spacial score (nSPS) is 13.9. The highest BCUT2D eigenvalue weighted by Gasteiger charge is 2.36. The third-order valence-corrected chi connectivity index (χ3v) is 8.46. The summed E-state index contributed by atoms with van der Waals surface area (Å²) in [5, 5.41) is 10.8. The van der Waals surface area contributed by atoms with Gasteiger partial charge in [0, 0.05) is 29.1 Å². The van der Waals surface area contributed by atoms with Crippen LogP contribution >= 0.6 is 27.3 Å². The van der Waals surface area contributed by atoms with E-state index in [1.54, 1.807) is 11.6 Å². The number of alkyl halides is 5. The zero-order valence-electron chi connectivity index (χ0n) is 20.9. The fourth-order valence-electron chi connectivity index (χ4n) is 4.57. The van der Waals surface area contributed by atoms with Crippen LogP contribution in [0, 0.1) is 6.92 Å². The third-order valence-electron chi connectivity index (χ3n) is 6.55. The molecule has 0 spiro atoms. The lowest BCUT2D eigenvalue weighted by Crippen LogP contribution is -2.22. The summed E-state index contributed by atoms with van der Waals surface area (Å²) >= 11 is 3.78. The molecule has 1 saturated carbocycles. The molecule has 5 rings (SSSR count). The molecule has 40 heavy (non-hydrogen) atoms. The molecule has 9 nitrogen and oxygen atoms in total. The molecule has 212 valence electrons. The Morgan fingerprint density at radius 3 is 2.50 bits per heavy atom. The summed E-state index contributed by atoms with van der Waals surface area (Å²) in [6.45, 7) is 3.47. The monoisotopic (exact) mass is 645 g/mol. The van der Waals surface area contributed by atoms with Crippen LogP contribution in [-0.4, -0.2) is 36.4 Å². The third kappa shape index (κ3) is 4.98. The van der Waals surface area contributed by atoms with Gasteiger partial charge < -0.3 is 11.1 Å². The number of halogens is 6. The Morgan fingerprint density at radius 2 is 1.95 bits per heavy atom. The number of nitrogens with zero attached hydrogens (tertiary/aromatic N) is 5. The van der Waals surface area contributed by atoms with Gasteiger partial charge in [0.25, 0.3) is 12.3 Å². The van der Waals surface area contributed by atoms with Gasteiger partial charge in [-0.05, 0) is 54.2 Å². The predicted octanol–water partition coefficient (Wildman–Crippen LogP) is 6.02. The van der Waals surface area contributed by atoms with Crippen molar-refractivity contribution in [3.05, 3.63) is 44.4 Å². The maximum Gasteiger partial charge on any atom is 0.433 e. The van der Waals surface area contributed by atoms with Crippen LogP contribution in [-0.2, 0) is 24.1 Å². The molecule has 4 heterocycles. The first-order valence-corrected chi connectivity index (χ1v) is 13.6. The van der Waals surface area contributed by atoms with Crippen LogP contribution in [0.15, 0.2) is 16.7 Å². The number of hydrogen-bond acceptors (Lipinski definition) is 6. The number of rotatable bonds is 8. The topological polar surface area (TPSA) is 121 Å². The summed E-state index contributed by atoms with van der Waals surface area (Å²) in [5.41, 5.74) is 5.15. The van der Waals surface area contributed by atoms with Crippen molar-refractivity contribution in [3.8, 4) is 11.1 Å². The predicted molar refractivity (Wildman–Crippen MR) is 140 cm³/mol. The SMILES string of the molecule is CCn1ncc(-c2cc(C(F)(F)F)nc3sc(C(N)=O)c(NC(=O)Cn4nc(C(F)F)c(Br)c4C4CC4)c23)c1C. The summed E-state index contributed by atoms with van der Waals surface area (Å²) < 4.78 is 71.3. The van der Waals surface area contributed by atoms with Crippen molar-refractivity contribution >= 4 is 55.0 Å². The van der Waals surface area contributed by atoms with Gasteiger partial charge in [-0.25, -0.2) is 13.8 Å². The standard InChI is InChI=1S/C24H21BrF5N7O2S/c1-3-36-9(2)12(7-32-36)11-6-13(24(28,29)30)33-23-15(11)17(20(40-23)22(31)39)34-14(38)8-37-19(10-4-5-10)16(25)18(35-37)21(26)27/h6-7,10,21H,3-5,8H2,1-2H3,(H2,31,39)(H,34,38). The van der Waals surface area contributed by atoms with E-state index in [0.29, 0.717) is 34.8 Å². The number of primary amides is 1. The van der Waals surface area contributed by atoms with E-state index in [0.717, 1.165) is 18.9 Å². The summed E-state index contributed by atoms with van der Waals surface area (Å²) in [4.78, 5) is 28.9. The summed E-state index contributed by atoms with van der Waals surface area (Å²) in [6.07, 6.45) is -4.78. The molecule has 1 fully saturated rings. The van der Waals surface area contributed by atoms with Crippen LogP contribution in [0.5, 0.6) is 0 Å². The lowest BCUT2D eigenvalue weighted by Gasteiger charge is -2.13. The Hall–Kier alpha value is -3.40. The number of carbonyl (C=O) groups excluding carboxylic acids is 2. The van der Waals surface area contributed by atoms with Crippen LogP contribution in [0.1, 0.15) is 64.6 Å². The summed E-state index contributed by atoms with van der Waals surface area (Å²) in [5.74, 6) is -1.77. The van der Waals surface area contributed by atoms with Gasteiger partial charge in [0.1, 0.15) is 27.6 Å². The Morgan fingerprint density at radius 1 is 1.25 bits per heavy atom. The molecule has 0 saturated heterocycles. The largest absolute Gasteiger partial charge is 0.433 e. The highest BCUT2D eigenvalue weighted by molar-refractivity contribution is 9.10. The average Bonchev–Trinajstić information content (AvgIpc) is 3.41. The summed E-state index contributed by atoms with van der Waals surface area (Å²) in [7, 11) is 0. The first-order chi connectivity index (χ1) is 18.8. The smallest absolute Gasteiger partial charge is 0.365 e. The minimum absolute atomic E-state index is 0.0417. The van der Waals surface area contributed by atoms with Crippen molar-refractivity contribution in [2.45, 2.75) is 58.3 Å². The number of nitrogens with two attached hydrogens (primary N) is 1. The van der Waals surface area contributed by atoms with E-state index in [1.165, 1.54) is 10.9 Å². The second kappa shape index (κ2) is 10.2. The van der Waals surface area contributed by atoms with Gasteiger partial charge >= 0.3 is 6.18 Å². The molecule has 1 aliphatic carbocycles. The number of anilines is 1. The summed E-state index contributed by atoms with van der Waals surface area (Å²) in [6, 6.07) is 0.838. The van der Waals surface area contributed by atoms with Crippen molar-refractivity contribution in [2.24, 2.45) is 5.73 Å². The number of fused-ring (bicyclic) bond motifs is 1. The molecule has 16 heteroatoms. The Bertz CT molecular complexity index is 1660. The van der Waals surface area contributed by atoms with E-state index in [9.17, 15) is 31.5 Å². The van der Waals surface area contributed by atoms with Crippen molar-refractivity contribution < 1.29 is 31.5 Å². The van der Waals surface area contributed by atoms with Gasteiger partial charge in [-0.2, -0.15) is 23.4 Å². The highest BCUT2D eigenvalue weighted by Crippen LogP contribution is 2.46. The molecule has 0 atom stereocenters. The highest BCUT2D eigenvalue weighted by atomic mass is 79.9. The molecular weight excluding hydrogens is 625 g/mol. The number of hydrogen-bond donors (Lipinski definition) is 2. The molecule has 0 radical (unpaired) electrons. The van der Waals surface area contributed by atoms with Gasteiger partial charge in [0.15, 0.2) is 0 Å². The van der Waals surface area contributed by atoms with Crippen molar-refractivity contribution in [1.29, 1.82) is 0 Å². The number of thiophene rings is 1. The molecule has 4 aromatic rings. The maximum atomic E-state index is 13.8. The zero-order chi connectivity index (χ0) is 29.1. The fourth-order valence-corrected chi connectivity index (χ4v) is 6.36. The quantitative estimate of drug-likeness (QED) is 0.227. The van der Waals surface area contributed by atoms with Gasteiger partial charge in [-0.1, -0.05) is 0 Å². The zero-order valence-corrected chi connectivity index (χ0v) is 23.3. The van der Waals surface area contributed by atoms with E-state index >= 15 is 0 Å². The van der Waals surface area contributed by atoms with Crippen molar-refractivity contribution in [3.63, 3.8) is 0 Å². The van der Waals surface area contributed by atoms with E-state index in [1.807, 2.05) is 6.92 Å². The molecular formula is C24H21BrF5N7O2S. The molecule has 1 aliphatic rings. The second-order valence-electron chi connectivity index (χ2n) is 9.23. The molecule has 0 bridgehead atoms. The number of pyridine rings is 1. The number of nitrogens with one attached hydrogen (secondary N) is 1. The van der Waals surface area contributed by atoms with Crippen molar-refractivity contribution in [1.82, 2.24) is 24.5 Å². The van der Waals surface area contributed by atoms with Crippen LogP contribution in [0.25, 0.3) is 21.3 Å². The van der Waals surface area contributed by atoms with Gasteiger partial charge in [-0.15, -0.1) is 11.3 Å². The van der Waals surface area contributed by atoms with E-state index in [-0.39, 0.29) is 36.7 Å². The lowest BCUT2D eigenvalue weighted by molar-refractivity contribution is -0.140. The fraction of sp³-hybridized carbons (Fsp3) is 0.375. The minimum atomic E-state index is -4.80. The number of carbonyl (C=O) groups is 2. The van der Waals surface area contributed by atoms with Crippen LogP contribution in [0.2, 0.25) is 0 Å². The van der Waals surface area contributed by atoms with Crippen LogP contribution in [0.3, 0.4) is 0 Å². The van der Waals surface area contributed by atoms with Crippen LogP contribution in [0.4, 0.5) is 27.6 Å². The average molecular weight is 646 g/mol. The number of amides is 2. The lowest BCUT2D eigenvalue weighted by atomic mass is 10.0. The molecule has 0 unspecified atom stereocenters. The molecule has 2 amide bonds. The number of aromatic nitrogens is 5. The van der Waals surface area contributed by atoms with E-state index < -0.39 is 42.3 Å². The van der Waals surface area contributed by atoms with Gasteiger partial charge in [-0.3, -0.25) is 19.0 Å². The molecule has 0 aliphatic heterocycles. The molecule has 3 N–H and O–H groups in total. The van der Waals surface area contributed by atoms with Gasteiger partial charge in [0.05, 0.1) is 22.1 Å². The Kier molecular flexibility index (Phi) is 7.18. The Labute approximate surface area is 235 Å². The van der Waals surface area contributed by atoms with E-state index in [2.05, 4.69) is 36.4 Å². The van der Waals surface area contributed by atoms with Crippen molar-refractivity contribution in [2.75, 3.05) is 5.32 Å². The second-order valence-corrected chi connectivity index (χ2v) is 11.0. The van der Waals surface area contributed by atoms with Gasteiger partial charge in [0.2, 0.25) is 5.91 Å². The first kappa shape index (κ1) is 28.1.